The second kappa shape index (κ2) is 8.26. The van der Waals surface area contributed by atoms with E-state index in [4.69, 9.17) is 9.47 Å². The molecule has 0 fully saturated rings. The first-order valence-electron chi connectivity index (χ1n) is 8.89. The van der Waals surface area contributed by atoms with Gasteiger partial charge in [0, 0.05) is 12.0 Å². The van der Waals surface area contributed by atoms with E-state index in [9.17, 15) is 4.79 Å². The molecule has 0 bridgehead atoms. The number of methoxy groups -OCH3 is 1. The van der Waals surface area contributed by atoms with E-state index in [1.54, 1.807) is 7.11 Å². The molecule has 4 nitrogen and oxygen atoms in total. The van der Waals surface area contributed by atoms with Gasteiger partial charge in [0.15, 0.2) is 0 Å². The number of ether oxygens (including phenoxy) is 2. The fraction of sp³-hybridized carbons (Fsp3) is 0.409. The Hall–Kier alpha value is -2.49. The lowest BCUT2D eigenvalue weighted by atomic mass is 9.85. The molecular weight excluding hydrogens is 326 g/mol. The Morgan fingerprint density at radius 2 is 1.46 bits per heavy atom. The zero-order chi connectivity index (χ0) is 19.3. The normalized spacial score (nSPS) is 13.6. The van der Waals surface area contributed by atoms with E-state index in [1.165, 1.54) is 5.56 Å². The molecule has 140 valence electrons. The summed E-state index contributed by atoms with van der Waals surface area (Å²) in [6.45, 7) is 9.64. The Morgan fingerprint density at radius 1 is 0.962 bits per heavy atom. The molecule has 0 radical (unpaired) electrons. The molecule has 0 heterocycles. The van der Waals surface area contributed by atoms with Crippen molar-refractivity contribution in [2.24, 2.45) is 0 Å². The Kier molecular flexibility index (Phi) is 6.30. The molecule has 1 amide bonds. The highest BCUT2D eigenvalue weighted by atomic mass is 16.6. The fourth-order valence-electron chi connectivity index (χ4n) is 2.93. The molecule has 26 heavy (non-hydrogen) atoms. The molecule has 4 heteroatoms. The average molecular weight is 355 g/mol. The molecule has 0 spiro atoms. The number of alkyl carbamates (subject to hydrolysis) is 1. The molecular formula is C22H29NO3. The summed E-state index contributed by atoms with van der Waals surface area (Å²) in [7, 11) is 1.65. The summed E-state index contributed by atoms with van der Waals surface area (Å²) in [6.07, 6.45) is -0.407. The van der Waals surface area contributed by atoms with Gasteiger partial charge in [-0.3, -0.25) is 0 Å². The monoisotopic (exact) mass is 355 g/mol. The summed E-state index contributed by atoms with van der Waals surface area (Å²) in [6, 6.07) is 16.2. The van der Waals surface area contributed by atoms with Crippen molar-refractivity contribution in [2.45, 2.75) is 52.2 Å². The first-order valence-corrected chi connectivity index (χ1v) is 8.89. The molecule has 0 aromatic heterocycles. The molecule has 2 aromatic rings. The topological polar surface area (TPSA) is 47.6 Å². The quantitative estimate of drug-likeness (QED) is 0.816. The number of aryl methyl sites for hydroxylation is 1. The number of rotatable bonds is 5. The van der Waals surface area contributed by atoms with Crippen LogP contribution >= 0.6 is 0 Å². The molecule has 2 rings (SSSR count). The number of hydrogen-bond acceptors (Lipinski definition) is 3. The second-order valence-corrected chi connectivity index (χ2v) is 7.60. The Labute approximate surface area is 156 Å². The molecule has 0 aliphatic carbocycles. The van der Waals surface area contributed by atoms with Crippen molar-refractivity contribution in [3.05, 3.63) is 65.2 Å². The van der Waals surface area contributed by atoms with Gasteiger partial charge in [-0.15, -0.1) is 0 Å². The zero-order valence-electron chi connectivity index (χ0n) is 16.5. The van der Waals surface area contributed by atoms with Crippen molar-refractivity contribution in [1.29, 1.82) is 0 Å². The first kappa shape index (κ1) is 19.8. The van der Waals surface area contributed by atoms with Crippen molar-refractivity contribution < 1.29 is 14.3 Å². The van der Waals surface area contributed by atoms with Crippen LogP contribution in [-0.4, -0.2) is 24.8 Å². The minimum absolute atomic E-state index is 0.00836. The minimum Gasteiger partial charge on any atom is -0.497 e. The average Bonchev–Trinajstić information content (AvgIpc) is 2.55. The highest BCUT2D eigenvalue weighted by Crippen LogP contribution is 2.30. The van der Waals surface area contributed by atoms with Crippen LogP contribution in [0.1, 0.15) is 50.3 Å². The SMILES string of the molecule is COc1ccc([C@@H](c2ccc(C)cc2)[C@@H](C)NC(=O)OC(C)(C)C)cc1. The highest BCUT2D eigenvalue weighted by Gasteiger charge is 2.25. The molecule has 0 unspecified atom stereocenters. The lowest BCUT2D eigenvalue weighted by Gasteiger charge is -2.28. The predicted molar refractivity (Wildman–Crippen MR) is 105 cm³/mol. The fourth-order valence-corrected chi connectivity index (χ4v) is 2.93. The maximum atomic E-state index is 12.2. The number of carbonyl (C=O) groups excluding carboxylic acids is 1. The van der Waals surface area contributed by atoms with E-state index in [-0.39, 0.29) is 12.0 Å². The maximum absolute atomic E-state index is 12.2. The van der Waals surface area contributed by atoms with Crippen LogP contribution in [0.15, 0.2) is 48.5 Å². The number of carbonyl (C=O) groups is 1. The molecule has 0 saturated carbocycles. The maximum Gasteiger partial charge on any atom is 0.407 e. The van der Waals surface area contributed by atoms with Gasteiger partial charge in [-0.25, -0.2) is 4.79 Å². The van der Waals surface area contributed by atoms with Crippen molar-refractivity contribution in [3.63, 3.8) is 0 Å². The third kappa shape index (κ3) is 5.51. The number of benzene rings is 2. The van der Waals surface area contributed by atoms with E-state index >= 15 is 0 Å². The summed E-state index contributed by atoms with van der Waals surface area (Å²) >= 11 is 0. The summed E-state index contributed by atoms with van der Waals surface area (Å²) in [5.41, 5.74) is 2.93. The van der Waals surface area contributed by atoms with Gasteiger partial charge in [0.1, 0.15) is 11.4 Å². The number of amides is 1. The van der Waals surface area contributed by atoms with Crippen LogP contribution in [0.25, 0.3) is 0 Å². The van der Waals surface area contributed by atoms with Gasteiger partial charge < -0.3 is 14.8 Å². The first-order chi connectivity index (χ1) is 12.2. The molecule has 2 atom stereocenters. The van der Waals surface area contributed by atoms with Crippen molar-refractivity contribution in [2.75, 3.05) is 7.11 Å². The van der Waals surface area contributed by atoms with Crippen LogP contribution in [0.2, 0.25) is 0 Å². The Morgan fingerprint density at radius 3 is 1.92 bits per heavy atom. The van der Waals surface area contributed by atoms with E-state index < -0.39 is 11.7 Å². The van der Waals surface area contributed by atoms with Gasteiger partial charge in [0.2, 0.25) is 0 Å². The summed E-state index contributed by atoms with van der Waals surface area (Å²) in [4.78, 5) is 12.2. The van der Waals surface area contributed by atoms with Crippen molar-refractivity contribution in [3.8, 4) is 5.75 Å². The third-order valence-electron chi connectivity index (χ3n) is 4.16. The van der Waals surface area contributed by atoms with E-state index in [0.717, 1.165) is 16.9 Å². The van der Waals surface area contributed by atoms with Gasteiger partial charge in [0.25, 0.3) is 0 Å². The van der Waals surface area contributed by atoms with E-state index in [2.05, 4.69) is 36.5 Å². The highest BCUT2D eigenvalue weighted by molar-refractivity contribution is 5.68. The van der Waals surface area contributed by atoms with Crippen LogP contribution in [0.4, 0.5) is 4.79 Å². The van der Waals surface area contributed by atoms with E-state index in [0.29, 0.717) is 0 Å². The second-order valence-electron chi connectivity index (χ2n) is 7.60. The lowest BCUT2D eigenvalue weighted by molar-refractivity contribution is 0.0504. The molecule has 0 aliphatic rings. The van der Waals surface area contributed by atoms with Crippen molar-refractivity contribution in [1.82, 2.24) is 5.32 Å². The van der Waals surface area contributed by atoms with E-state index in [1.807, 2.05) is 52.0 Å². The zero-order valence-corrected chi connectivity index (χ0v) is 16.5. The van der Waals surface area contributed by atoms with Gasteiger partial charge in [-0.2, -0.15) is 0 Å². The molecule has 1 N–H and O–H groups in total. The van der Waals surface area contributed by atoms with Crippen LogP contribution in [0.5, 0.6) is 5.75 Å². The van der Waals surface area contributed by atoms with Gasteiger partial charge in [0.05, 0.1) is 7.11 Å². The summed E-state index contributed by atoms with van der Waals surface area (Å²) in [5, 5.41) is 2.98. The third-order valence-corrected chi connectivity index (χ3v) is 4.16. The van der Waals surface area contributed by atoms with Crippen molar-refractivity contribution >= 4 is 6.09 Å². The van der Waals surface area contributed by atoms with Crippen LogP contribution in [0.3, 0.4) is 0 Å². The van der Waals surface area contributed by atoms with Gasteiger partial charge in [-0.1, -0.05) is 42.0 Å². The number of nitrogens with one attached hydrogen (secondary N) is 1. The largest absolute Gasteiger partial charge is 0.497 e. The van der Waals surface area contributed by atoms with Crippen LogP contribution in [0, 0.1) is 6.92 Å². The van der Waals surface area contributed by atoms with Gasteiger partial charge in [-0.05, 0) is 57.9 Å². The predicted octanol–water partition coefficient (Wildman–Crippen LogP) is 5.05. The molecule has 0 aliphatic heterocycles. The number of hydrogen-bond donors (Lipinski definition) is 1. The molecule has 0 saturated heterocycles. The Bertz CT molecular complexity index is 715. The van der Waals surface area contributed by atoms with Crippen LogP contribution in [-0.2, 0) is 4.74 Å². The summed E-state index contributed by atoms with van der Waals surface area (Å²) in [5.74, 6) is 0.818. The standard InChI is InChI=1S/C22H29NO3/c1-15-7-9-17(10-8-15)20(18-11-13-19(25-6)14-12-18)16(2)23-21(24)26-22(3,4)5/h7-14,16,20H,1-6H3,(H,23,24)/t16-,20-/m1/s1. The Balaban J connectivity index is 2.30. The minimum atomic E-state index is -0.525. The van der Waals surface area contributed by atoms with Gasteiger partial charge >= 0.3 is 6.09 Å². The summed E-state index contributed by atoms with van der Waals surface area (Å²) < 4.78 is 10.7. The smallest absolute Gasteiger partial charge is 0.407 e. The van der Waals surface area contributed by atoms with Crippen LogP contribution < -0.4 is 10.1 Å². The molecule has 2 aromatic carbocycles. The lowest BCUT2D eigenvalue weighted by Crippen LogP contribution is -2.40.